The lowest BCUT2D eigenvalue weighted by Gasteiger charge is -2.11. The van der Waals surface area contributed by atoms with E-state index in [1.54, 1.807) is 25.3 Å². The fourth-order valence-electron chi connectivity index (χ4n) is 1.75. The molecule has 21 heavy (non-hydrogen) atoms. The molecule has 0 aliphatic rings. The van der Waals surface area contributed by atoms with Crippen LogP contribution in [0.25, 0.3) is 0 Å². The molecule has 2 aromatic rings. The lowest BCUT2D eigenvalue weighted by molar-refractivity contribution is 0.0950. The van der Waals surface area contributed by atoms with Gasteiger partial charge in [0.1, 0.15) is 11.6 Å². The van der Waals surface area contributed by atoms with Crippen molar-refractivity contribution in [1.82, 2.24) is 10.3 Å². The highest BCUT2D eigenvalue weighted by Crippen LogP contribution is 2.26. The van der Waals surface area contributed by atoms with E-state index in [2.05, 4.69) is 10.3 Å². The number of hydrogen-bond acceptors (Lipinski definition) is 4. The van der Waals surface area contributed by atoms with Crippen LogP contribution in [0.4, 0.5) is 5.82 Å². The maximum atomic E-state index is 12.1. The van der Waals surface area contributed by atoms with E-state index in [4.69, 9.17) is 33.7 Å². The van der Waals surface area contributed by atoms with Gasteiger partial charge >= 0.3 is 0 Å². The van der Waals surface area contributed by atoms with Crippen LogP contribution in [0.1, 0.15) is 15.9 Å². The number of hydrogen-bond donors (Lipinski definition) is 2. The summed E-state index contributed by atoms with van der Waals surface area (Å²) in [7, 11) is 1.54. The zero-order valence-electron chi connectivity index (χ0n) is 11.2. The summed E-state index contributed by atoms with van der Waals surface area (Å²) in [6, 6.07) is 6.74. The number of pyridine rings is 1. The lowest BCUT2D eigenvalue weighted by Crippen LogP contribution is -2.23. The van der Waals surface area contributed by atoms with Crippen molar-refractivity contribution in [2.24, 2.45) is 0 Å². The molecule has 0 spiro atoms. The Morgan fingerprint density at radius 3 is 2.81 bits per heavy atom. The van der Waals surface area contributed by atoms with Crippen molar-refractivity contribution in [1.29, 1.82) is 0 Å². The van der Waals surface area contributed by atoms with E-state index in [9.17, 15) is 4.79 Å². The lowest BCUT2D eigenvalue weighted by atomic mass is 10.2. The quantitative estimate of drug-likeness (QED) is 0.906. The summed E-state index contributed by atoms with van der Waals surface area (Å²) >= 11 is 11.9. The van der Waals surface area contributed by atoms with Gasteiger partial charge in [-0.05, 0) is 18.2 Å². The highest BCUT2D eigenvalue weighted by atomic mass is 35.5. The van der Waals surface area contributed by atoms with Gasteiger partial charge < -0.3 is 15.8 Å². The van der Waals surface area contributed by atoms with E-state index in [0.29, 0.717) is 21.9 Å². The minimum absolute atomic E-state index is 0.181. The predicted molar refractivity (Wildman–Crippen MR) is 82.8 cm³/mol. The topological polar surface area (TPSA) is 77.2 Å². The molecule has 1 aromatic carbocycles. The third kappa shape index (κ3) is 3.56. The Bertz CT molecular complexity index is 677. The fraction of sp³-hybridized carbons (Fsp3) is 0.143. The van der Waals surface area contributed by atoms with Crippen LogP contribution < -0.4 is 15.8 Å². The van der Waals surface area contributed by atoms with Gasteiger partial charge in [-0.1, -0.05) is 29.3 Å². The minimum Gasteiger partial charge on any atom is -0.496 e. The maximum Gasteiger partial charge on any atom is 0.253 e. The SMILES string of the molecule is COc1cccc(Cl)c1CNC(=O)c1cnc(N)c(Cl)c1. The Balaban J connectivity index is 2.13. The van der Waals surface area contributed by atoms with Gasteiger partial charge in [-0.25, -0.2) is 4.98 Å². The van der Waals surface area contributed by atoms with Crippen molar-refractivity contribution in [3.8, 4) is 5.75 Å². The summed E-state index contributed by atoms with van der Waals surface area (Å²) in [5.74, 6) is 0.462. The first-order valence-electron chi connectivity index (χ1n) is 6.03. The van der Waals surface area contributed by atoms with Crippen LogP contribution in [0.5, 0.6) is 5.75 Å². The van der Waals surface area contributed by atoms with Crippen LogP contribution in [0.15, 0.2) is 30.5 Å². The van der Waals surface area contributed by atoms with Crippen molar-refractivity contribution < 1.29 is 9.53 Å². The number of carbonyl (C=O) groups is 1. The molecule has 5 nitrogen and oxygen atoms in total. The number of nitrogens with zero attached hydrogens (tertiary/aromatic N) is 1. The van der Waals surface area contributed by atoms with Crippen LogP contribution in [0.2, 0.25) is 10.0 Å². The summed E-state index contributed by atoms with van der Waals surface area (Å²) in [6.45, 7) is 0.226. The largest absolute Gasteiger partial charge is 0.496 e. The summed E-state index contributed by atoms with van der Waals surface area (Å²) < 4.78 is 5.21. The van der Waals surface area contributed by atoms with Gasteiger partial charge in [-0.15, -0.1) is 0 Å². The monoisotopic (exact) mass is 325 g/mol. The van der Waals surface area contributed by atoms with Gasteiger partial charge in [-0.2, -0.15) is 0 Å². The normalized spacial score (nSPS) is 10.2. The van der Waals surface area contributed by atoms with Crippen molar-refractivity contribution in [2.45, 2.75) is 6.54 Å². The summed E-state index contributed by atoms with van der Waals surface area (Å²) in [4.78, 5) is 15.9. The highest BCUT2D eigenvalue weighted by molar-refractivity contribution is 6.33. The van der Waals surface area contributed by atoms with E-state index in [1.165, 1.54) is 12.3 Å². The second-order valence-electron chi connectivity index (χ2n) is 4.19. The maximum absolute atomic E-state index is 12.1. The Morgan fingerprint density at radius 1 is 1.38 bits per heavy atom. The third-order valence-electron chi connectivity index (χ3n) is 2.85. The first-order valence-corrected chi connectivity index (χ1v) is 6.79. The molecule has 0 saturated carbocycles. The molecule has 0 radical (unpaired) electrons. The van der Waals surface area contributed by atoms with Crippen molar-refractivity contribution >= 4 is 34.9 Å². The number of benzene rings is 1. The molecule has 1 amide bonds. The van der Waals surface area contributed by atoms with Gasteiger partial charge in [0.25, 0.3) is 5.91 Å². The van der Waals surface area contributed by atoms with Crippen LogP contribution in [-0.4, -0.2) is 18.0 Å². The Hall–Kier alpha value is -1.98. The average molecular weight is 326 g/mol. The van der Waals surface area contributed by atoms with Crippen molar-refractivity contribution in [3.63, 3.8) is 0 Å². The number of anilines is 1. The molecular weight excluding hydrogens is 313 g/mol. The molecular formula is C14H13Cl2N3O2. The van der Waals surface area contributed by atoms with E-state index >= 15 is 0 Å². The predicted octanol–water partition coefficient (Wildman–Crippen LogP) is 2.91. The molecule has 7 heteroatoms. The molecule has 110 valence electrons. The van der Waals surface area contributed by atoms with Gasteiger partial charge in [-0.3, -0.25) is 4.79 Å². The van der Waals surface area contributed by atoms with Crippen molar-refractivity contribution in [2.75, 3.05) is 12.8 Å². The number of methoxy groups -OCH3 is 1. The molecule has 3 N–H and O–H groups in total. The van der Waals surface area contributed by atoms with Gasteiger partial charge in [0.2, 0.25) is 0 Å². The molecule has 0 bridgehead atoms. The summed E-state index contributed by atoms with van der Waals surface area (Å²) in [5.41, 5.74) is 6.52. The van der Waals surface area contributed by atoms with Gasteiger partial charge in [0, 0.05) is 23.3 Å². The number of rotatable bonds is 4. The molecule has 0 aliphatic heterocycles. The van der Waals surface area contributed by atoms with E-state index in [0.717, 1.165) is 0 Å². The summed E-state index contributed by atoms with van der Waals surface area (Å²) in [6.07, 6.45) is 1.36. The molecule has 0 unspecified atom stereocenters. The number of halogens is 2. The molecule has 1 aromatic heterocycles. The van der Waals surface area contributed by atoms with Gasteiger partial charge in [0.15, 0.2) is 0 Å². The minimum atomic E-state index is -0.327. The van der Waals surface area contributed by atoms with Crippen molar-refractivity contribution in [3.05, 3.63) is 51.6 Å². The van der Waals surface area contributed by atoms with Gasteiger partial charge in [0.05, 0.1) is 17.7 Å². The number of carbonyl (C=O) groups excluding carboxylic acids is 1. The molecule has 0 fully saturated rings. The number of nitrogens with one attached hydrogen (secondary N) is 1. The molecule has 0 aliphatic carbocycles. The third-order valence-corrected chi connectivity index (χ3v) is 3.51. The number of amides is 1. The number of ether oxygens (including phenoxy) is 1. The highest BCUT2D eigenvalue weighted by Gasteiger charge is 2.12. The summed E-state index contributed by atoms with van der Waals surface area (Å²) in [5, 5.41) is 3.49. The number of nitrogens with two attached hydrogens (primary N) is 1. The van der Waals surface area contributed by atoms with Crippen LogP contribution >= 0.6 is 23.2 Å². The van der Waals surface area contributed by atoms with E-state index in [-0.39, 0.29) is 23.3 Å². The number of nitrogen functional groups attached to an aromatic ring is 1. The Morgan fingerprint density at radius 2 is 2.14 bits per heavy atom. The van der Waals surface area contributed by atoms with E-state index < -0.39 is 0 Å². The first kappa shape index (κ1) is 15.4. The fourth-order valence-corrected chi connectivity index (χ4v) is 2.14. The second kappa shape index (κ2) is 6.65. The molecule has 2 rings (SSSR count). The van der Waals surface area contributed by atoms with Crippen LogP contribution in [0.3, 0.4) is 0 Å². The molecule has 1 heterocycles. The van der Waals surface area contributed by atoms with Crippen LogP contribution in [0, 0.1) is 0 Å². The zero-order chi connectivity index (χ0) is 15.4. The Labute approximate surface area is 132 Å². The number of aromatic nitrogens is 1. The zero-order valence-corrected chi connectivity index (χ0v) is 12.7. The standard InChI is InChI=1S/C14H13Cl2N3O2/c1-21-12-4-2-3-10(15)9(12)7-19-14(20)8-5-11(16)13(17)18-6-8/h2-6H,7H2,1H3,(H2,17,18)(H,19,20). The second-order valence-corrected chi connectivity index (χ2v) is 5.01. The molecule has 0 atom stereocenters. The smallest absolute Gasteiger partial charge is 0.253 e. The van der Waals surface area contributed by atoms with E-state index in [1.807, 2.05) is 0 Å². The Kier molecular flexibility index (Phi) is 4.88. The average Bonchev–Trinajstić information content (AvgIpc) is 2.48. The van der Waals surface area contributed by atoms with Crippen LogP contribution in [-0.2, 0) is 6.54 Å². The first-order chi connectivity index (χ1) is 10.0. The molecule has 0 saturated heterocycles.